The number of nitrogens with one attached hydrogen (secondary N) is 1. The highest BCUT2D eigenvalue weighted by molar-refractivity contribution is 9.10. The van der Waals surface area contributed by atoms with Gasteiger partial charge in [0.25, 0.3) is 5.91 Å². The van der Waals surface area contributed by atoms with E-state index in [-0.39, 0.29) is 5.91 Å². The summed E-state index contributed by atoms with van der Waals surface area (Å²) in [5.41, 5.74) is 0.577. The largest absolute Gasteiger partial charge is 0.296 e. The van der Waals surface area contributed by atoms with Crippen molar-refractivity contribution in [3.8, 4) is 0 Å². The summed E-state index contributed by atoms with van der Waals surface area (Å²) in [5.74, 6) is -0.193. The molecule has 0 bridgehead atoms. The van der Waals surface area contributed by atoms with Crippen LogP contribution in [0.5, 0.6) is 0 Å². The zero-order valence-corrected chi connectivity index (χ0v) is 12.0. The molecule has 0 fully saturated rings. The third-order valence-electron chi connectivity index (χ3n) is 1.92. The summed E-state index contributed by atoms with van der Waals surface area (Å²) < 4.78 is 1.58. The Labute approximate surface area is 115 Å². The molecule has 0 saturated heterocycles. The summed E-state index contributed by atoms with van der Waals surface area (Å²) >= 11 is 6.19. The predicted molar refractivity (Wildman–Crippen MR) is 73.8 cm³/mol. The molecule has 17 heavy (non-hydrogen) atoms. The van der Waals surface area contributed by atoms with E-state index < -0.39 is 0 Å². The van der Waals surface area contributed by atoms with Crippen molar-refractivity contribution in [3.05, 3.63) is 34.3 Å². The van der Waals surface area contributed by atoms with Gasteiger partial charge in [0, 0.05) is 4.47 Å². The summed E-state index contributed by atoms with van der Waals surface area (Å²) in [6.45, 7) is 0. The quantitative estimate of drug-likeness (QED) is 0.693. The predicted octanol–water partition coefficient (Wildman–Crippen LogP) is 3.27. The average molecular weight is 330 g/mol. The monoisotopic (exact) mass is 329 g/mol. The zero-order chi connectivity index (χ0) is 12.3. The smallest absolute Gasteiger partial charge is 0.258 e. The first-order valence-corrected chi connectivity index (χ1v) is 7.47. The fourth-order valence-corrected chi connectivity index (χ4v) is 2.78. The van der Waals surface area contributed by atoms with E-state index in [0.29, 0.717) is 10.7 Å². The molecule has 0 aliphatic heterocycles. The second-order valence-electron chi connectivity index (χ2n) is 3.01. The van der Waals surface area contributed by atoms with Crippen molar-refractivity contribution in [2.75, 3.05) is 11.6 Å². The molecule has 7 heteroatoms. The molecular formula is C10H8BrN3OS2. The van der Waals surface area contributed by atoms with Crippen LogP contribution in [0.25, 0.3) is 0 Å². The van der Waals surface area contributed by atoms with Gasteiger partial charge in [0.15, 0.2) is 4.34 Å². The topological polar surface area (TPSA) is 54.9 Å². The molecule has 4 nitrogen and oxygen atoms in total. The third kappa shape index (κ3) is 3.05. The van der Waals surface area contributed by atoms with Crippen LogP contribution in [-0.4, -0.2) is 22.4 Å². The number of carbonyl (C=O) groups is 1. The molecule has 88 valence electrons. The standard InChI is InChI=1S/C10H8BrN3OS2/c1-16-10-14-13-9(17-10)12-8(15)6-4-2-3-5-7(6)11/h2-5H,1H3,(H,12,13,15). The molecule has 0 aliphatic rings. The lowest BCUT2D eigenvalue weighted by molar-refractivity contribution is 0.102. The van der Waals surface area contributed by atoms with Crippen molar-refractivity contribution < 1.29 is 4.79 Å². The molecule has 0 atom stereocenters. The summed E-state index contributed by atoms with van der Waals surface area (Å²) in [7, 11) is 0. The Kier molecular flexibility index (Phi) is 4.14. The Balaban J connectivity index is 2.14. The minimum atomic E-state index is -0.193. The van der Waals surface area contributed by atoms with Crippen molar-refractivity contribution in [3.63, 3.8) is 0 Å². The van der Waals surface area contributed by atoms with E-state index >= 15 is 0 Å². The van der Waals surface area contributed by atoms with Crippen molar-refractivity contribution in [1.82, 2.24) is 10.2 Å². The van der Waals surface area contributed by atoms with Gasteiger partial charge in [-0.2, -0.15) is 0 Å². The second kappa shape index (κ2) is 5.61. The zero-order valence-electron chi connectivity index (χ0n) is 8.81. The highest BCUT2D eigenvalue weighted by Crippen LogP contribution is 2.24. The Bertz CT molecular complexity index is 544. The van der Waals surface area contributed by atoms with Gasteiger partial charge < -0.3 is 0 Å². The van der Waals surface area contributed by atoms with Gasteiger partial charge in [0.2, 0.25) is 5.13 Å². The Morgan fingerprint density at radius 3 is 2.82 bits per heavy atom. The molecule has 0 radical (unpaired) electrons. The molecule has 1 aromatic carbocycles. The van der Waals surface area contributed by atoms with Crippen molar-refractivity contribution >= 4 is 50.1 Å². The van der Waals surface area contributed by atoms with Crippen LogP contribution >= 0.6 is 39.0 Å². The molecule has 0 spiro atoms. The molecule has 1 heterocycles. The Hall–Kier alpha value is -0.920. The van der Waals surface area contributed by atoms with Crippen LogP contribution in [0.1, 0.15) is 10.4 Å². The second-order valence-corrected chi connectivity index (χ2v) is 5.90. The summed E-state index contributed by atoms with van der Waals surface area (Å²) in [4.78, 5) is 11.9. The molecular weight excluding hydrogens is 322 g/mol. The van der Waals surface area contributed by atoms with E-state index in [9.17, 15) is 4.79 Å². The van der Waals surface area contributed by atoms with Crippen molar-refractivity contribution in [2.24, 2.45) is 0 Å². The Morgan fingerprint density at radius 1 is 1.41 bits per heavy atom. The summed E-state index contributed by atoms with van der Waals surface area (Å²) in [6, 6.07) is 7.24. The number of benzene rings is 1. The average Bonchev–Trinajstić information content (AvgIpc) is 2.77. The first-order chi connectivity index (χ1) is 8.20. The number of hydrogen-bond acceptors (Lipinski definition) is 5. The van der Waals surface area contributed by atoms with Crippen LogP contribution in [-0.2, 0) is 0 Å². The number of hydrogen-bond donors (Lipinski definition) is 1. The molecule has 0 unspecified atom stereocenters. The van der Waals surface area contributed by atoms with Crippen LogP contribution < -0.4 is 5.32 Å². The van der Waals surface area contributed by atoms with Crippen LogP contribution in [0.4, 0.5) is 5.13 Å². The van der Waals surface area contributed by atoms with Gasteiger partial charge in [-0.25, -0.2) is 0 Å². The lowest BCUT2D eigenvalue weighted by atomic mass is 10.2. The summed E-state index contributed by atoms with van der Waals surface area (Å²) in [5, 5.41) is 11.0. The van der Waals surface area contributed by atoms with Crippen LogP contribution in [0, 0.1) is 0 Å². The normalized spacial score (nSPS) is 10.2. The number of aromatic nitrogens is 2. The number of rotatable bonds is 3. The fourth-order valence-electron chi connectivity index (χ4n) is 1.15. The Morgan fingerprint density at radius 2 is 2.18 bits per heavy atom. The van der Waals surface area contributed by atoms with E-state index in [1.807, 2.05) is 24.5 Å². The van der Waals surface area contributed by atoms with E-state index in [2.05, 4.69) is 31.4 Å². The van der Waals surface area contributed by atoms with Crippen LogP contribution in [0.15, 0.2) is 33.1 Å². The number of anilines is 1. The molecule has 1 N–H and O–H groups in total. The van der Waals surface area contributed by atoms with Gasteiger partial charge in [-0.1, -0.05) is 35.2 Å². The molecule has 0 aliphatic carbocycles. The highest BCUT2D eigenvalue weighted by atomic mass is 79.9. The van der Waals surface area contributed by atoms with Gasteiger partial charge >= 0.3 is 0 Å². The number of thioether (sulfide) groups is 1. The number of halogens is 1. The first-order valence-electron chi connectivity index (χ1n) is 4.64. The minimum absolute atomic E-state index is 0.193. The number of amides is 1. The number of nitrogens with zero attached hydrogens (tertiary/aromatic N) is 2. The van der Waals surface area contributed by atoms with E-state index in [0.717, 1.165) is 8.81 Å². The van der Waals surface area contributed by atoms with E-state index in [1.165, 1.54) is 23.1 Å². The van der Waals surface area contributed by atoms with Crippen molar-refractivity contribution in [1.29, 1.82) is 0 Å². The van der Waals surface area contributed by atoms with Crippen molar-refractivity contribution in [2.45, 2.75) is 4.34 Å². The van der Waals surface area contributed by atoms with E-state index in [1.54, 1.807) is 6.07 Å². The highest BCUT2D eigenvalue weighted by Gasteiger charge is 2.12. The maximum absolute atomic E-state index is 11.9. The lowest BCUT2D eigenvalue weighted by Gasteiger charge is -2.02. The maximum atomic E-state index is 11.9. The van der Waals surface area contributed by atoms with Gasteiger partial charge in [-0.3, -0.25) is 10.1 Å². The van der Waals surface area contributed by atoms with Gasteiger partial charge in [0.1, 0.15) is 0 Å². The maximum Gasteiger partial charge on any atom is 0.258 e. The van der Waals surface area contributed by atoms with Crippen LogP contribution in [0.2, 0.25) is 0 Å². The summed E-state index contributed by atoms with van der Waals surface area (Å²) in [6.07, 6.45) is 1.92. The first kappa shape index (κ1) is 12.5. The molecule has 1 aromatic heterocycles. The van der Waals surface area contributed by atoms with Gasteiger partial charge in [-0.05, 0) is 34.3 Å². The fraction of sp³-hybridized carbons (Fsp3) is 0.100. The SMILES string of the molecule is CSc1nnc(NC(=O)c2ccccc2Br)s1. The molecule has 0 saturated carbocycles. The lowest BCUT2D eigenvalue weighted by Crippen LogP contribution is -2.12. The van der Waals surface area contributed by atoms with Crippen LogP contribution in [0.3, 0.4) is 0 Å². The molecule has 2 aromatic rings. The third-order valence-corrected chi connectivity index (χ3v) is 4.43. The minimum Gasteiger partial charge on any atom is -0.296 e. The molecule has 2 rings (SSSR count). The number of carbonyl (C=O) groups excluding carboxylic acids is 1. The molecule has 1 amide bonds. The van der Waals surface area contributed by atoms with Gasteiger partial charge in [0.05, 0.1) is 5.56 Å². The van der Waals surface area contributed by atoms with E-state index in [4.69, 9.17) is 0 Å². The van der Waals surface area contributed by atoms with Gasteiger partial charge in [-0.15, -0.1) is 10.2 Å².